The molecule has 3 nitrogen and oxygen atoms in total. The maximum absolute atomic E-state index is 5.99. The van der Waals surface area contributed by atoms with E-state index in [1.54, 1.807) is 0 Å². The molecule has 0 spiro atoms. The largest absolute Gasteiger partial charge is 0.370 e. The summed E-state index contributed by atoms with van der Waals surface area (Å²) in [7, 11) is 0. The predicted molar refractivity (Wildman–Crippen MR) is 88.2 cm³/mol. The first-order valence-electron chi connectivity index (χ1n) is 7.69. The summed E-state index contributed by atoms with van der Waals surface area (Å²) in [5.41, 5.74) is 8.50. The van der Waals surface area contributed by atoms with Crippen molar-refractivity contribution in [2.75, 3.05) is 31.1 Å². The number of halogens is 1. The van der Waals surface area contributed by atoms with E-state index in [4.69, 9.17) is 5.73 Å². The van der Waals surface area contributed by atoms with Crippen LogP contribution in [-0.2, 0) is 0 Å². The molecular weight excluding hydrogens is 314 g/mol. The van der Waals surface area contributed by atoms with Gasteiger partial charge in [-0.15, -0.1) is 0 Å². The molecule has 1 aromatic rings. The first-order valence-corrected chi connectivity index (χ1v) is 8.48. The van der Waals surface area contributed by atoms with Crippen LogP contribution in [0.4, 0.5) is 5.69 Å². The quantitative estimate of drug-likeness (QED) is 0.899. The Morgan fingerprint density at radius 3 is 2.80 bits per heavy atom. The lowest BCUT2D eigenvalue weighted by Crippen LogP contribution is -2.36. The van der Waals surface area contributed by atoms with Gasteiger partial charge in [-0.05, 0) is 50.4 Å². The molecule has 0 aliphatic carbocycles. The van der Waals surface area contributed by atoms with E-state index in [0.717, 1.165) is 17.1 Å². The topological polar surface area (TPSA) is 32.5 Å². The molecule has 2 aliphatic rings. The third-order valence-corrected chi connectivity index (χ3v) is 5.33. The van der Waals surface area contributed by atoms with Gasteiger partial charge in [0.15, 0.2) is 0 Å². The summed E-state index contributed by atoms with van der Waals surface area (Å²) in [6.45, 7) is 6.93. The Morgan fingerprint density at radius 2 is 2.05 bits per heavy atom. The van der Waals surface area contributed by atoms with E-state index in [2.05, 4.69) is 43.9 Å². The smallest absolute Gasteiger partial charge is 0.0378 e. The van der Waals surface area contributed by atoms with Crippen molar-refractivity contribution in [3.8, 4) is 0 Å². The van der Waals surface area contributed by atoms with Crippen LogP contribution in [0, 0.1) is 0 Å². The van der Waals surface area contributed by atoms with Crippen molar-refractivity contribution in [1.29, 1.82) is 0 Å². The second-order valence-corrected chi connectivity index (χ2v) is 6.98. The summed E-state index contributed by atoms with van der Waals surface area (Å²) >= 11 is 3.67. The lowest BCUT2D eigenvalue weighted by atomic mass is 10.1. The third kappa shape index (κ3) is 2.87. The molecule has 0 aromatic heterocycles. The van der Waals surface area contributed by atoms with E-state index in [1.165, 1.54) is 50.1 Å². The fourth-order valence-electron chi connectivity index (χ4n) is 3.52. The van der Waals surface area contributed by atoms with Gasteiger partial charge in [-0.25, -0.2) is 0 Å². The molecule has 2 fully saturated rings. The molecule has 110 valence electrons. The average molecular weight is 338 g/mol. The maximum atomic E-state index is 5.99. The number of anilines is 1. The van der Waals surface area contributed by atoms with Gasteiger partial charge in [0, 0.05) is 41.9 Å². The summed E-state index contributed by atoms with van der Waals surface area (Å²) in [4.78, 5) is 5.22. The summed E-state index contributed by atoms with van der Waals surface area (Å²) < 4.78 is 1.14. The standard InChI is InChI=1S/C16H24BrN3/c1-12(18)15-6-5-13(10-16(15)17)20-9-3-8-19-7-2-4-14(19)11-20/h5-6,10,12,14H,2-4,7-9,11,18H2,1H3/t12-,14?/m1/s1. The van der Waals surface area contributed by atoms with Gasteiger partial charge in [-0.1, -0.05) is 22.0 Å². The van der Waals surface area contributed by atoms with Crippen LogP contribution in [0.1, 0.15) is 37.8 Å². The third-order valence-electron chi connectivity index (χ3n) is 4.64. The highest BCUT2D eigenvalue weighted by molar-refractivity contribution is 9.10. The summed E-state index contributed by atoms with van der Waals surface area (Å²) in [5, 5.41) is 0. The van der Waals surface area contributed by atoms with Gasteiger partial charge >= 0.3 is 0 Å². The van der Waals surface area contributed by atoms with Crippen molar-refractivity contribution in [2.45, 2.75) is 38.3 Å². The fourth-order valence-corrected chi connectivity index (χ4v) is 4.25. The average Bonchev–Trinajstić information content (AvgIpc) is 2.75. The van der Waals surface area contributed by atoms with Gasteiger partial charge in [0.2, 0.25) is 0 Å². The minimum absolute atomic E-state index is 0.0767. The van der Waals surface area contributed by atoms with Crippen molar-refractivity contribution in [2.24, 2.45) is 5.73 Å². The van der Waals surface area contributed by atoms with E-state index < -0.39 is 0 Å². The Morgan fingerprint density at radius 1 is 1.25 bits per heavy atom. The first kappa shape index (κ1) is 14.4. The highest BCUT2D eigenvalue weighted by Gasteiger charge is 2.28. The number of nitrogens with zero attached hydrogens (tertiary/aromatic N) is 2. The van der Waals surface area contributed by atoms with Gasteiger partial charge in [-0.3, -0.25) is 4.90 Å². The van der Waals surface area contributed by atoms with Crippen molar-refractivity contribution < 1.29 is 0 Å². The van der Waals surface area contributed by atoms with Gasteiger partial charge < -0.3 is 10.6 Å². The van der Waals surface area contributed by atoms with Crippen LogP contribution >= 0.6 is 15.9 Å². The van der Waals surface area contributed by atoms with Crippen LogP contribution in [0.5, 0.6) is 0 Å². The second kappa shape index (κ2) is 6.04. The van der Waals surface area contributed by atoms with Gasteiger partial charge in [0.25, 0.3) is 0 Å². The Labute approximate surface area is 130 Å². The molecule has 2 aliphatic heterocycles. The second-order valence-electron chi connectivity index (χ2n) is 6.13. The molecule has 20 heavy (non-hydrogen) atoms. The molecule has 1 aromatic carbocycles. The number of benzene rings is 1. The Bertz CT molecular complexity index is 475. The van der Waals surface area contributed by atoms with Crippen molar-refractivity contribution >= 4 is 21.6 Å². The summed E-state index contributed by atoms with van der Waals surface area (Å²) in [5.74, 6) is 0. The monoisotopic (exact) mass is 337 g/mol. The predicted octanol–water partition coefficient (Wildman–Crippen LogP) is 3.14. The lowest BCUT2D eigenvalue weighted by Gasteiger charge is -2.28. The van der Waals surface area contributed by atoms with Crippen LogP contribution in [0.2, 0.25) is 0 Å². The molecule has 1 unspecified atom stereocenters. The number of hydrogen-bond acceptors (Lipinski definition) is 3. The zero-order chi connectivity index (χ0) is 14.1. The molecule has 3 rings (SSSR count). The molecule has 0 radical (unpaired) electrons. The van der Waals surface area contributed by atoms with E-state index in [9.17, 15) is 0 Å². The van der Waals surface area contributed by atoms with Crippen LogP contribution in [0.15, 0.2) is 22.7 Å². The molecule has 2 saturated heterocycles. The highest BCUT2D eigenvalue weighted by atomic mass is 79.9. The number of hydrogen-bond donors (Lipinski definition) is 1. The summed E-state index contributed by atoms with van der Waals surface area (Å²) in [6, 6.07) is 7.47. The lowest BCUT2D eigenvalue weighted by molar-refractivity contribution is 0.273. The minimum Gasteiger partial charge on any atom is -0.370 e. The molecule has 2 N–H and O–H groups in total. The van der Waals surface area contributed by atoms with E-state index in [1.807, 2.05) is 6.92 Å². The van der Waals surface area contributed by atoms with E-state index in [-0.39, 0.29) is 6.04 Å². The number of rotatable bonds is 2. The van der Waals surface area contributed by atoms with Crippen molar-refractivity contribution in [3.63, 3.8) is 0 Å². The summed E-state index contributed by atoms with van der Waals surface area (Å²) in [6.07, 6.45) is 3.99. The van der Waals surface area contributed by atoms with Crippen LogP contribution < -0.4 is 10.6 Å². The Hall–Kier alpha value is -0.580. The first-order chi connectivity index (χ1) is 9.65. The van der Waals surface area contributed by atoms with Crippen LogP contribution in [-0.4, -0.2) is 37.1 Å². The zero-order valence-electron chi connectivity index (χ0n) is 12.2. The van der Waals surface area contributed by atoms with Gasteiger partial charge in [-0.2, -0.15) is 0 Å². The number of nitrogens with two attached hydrogens (primary N) is 1. The molecular formula is C16H24BrN3. The van der Waals surface area contributed by atoms with E-state index >= 15 is 0 Å². The molecule has 0 saturated carbocycles. The molecule has 2 heterocycles. The van der Waals surface area contributed by atoms with Crippen molar-refractivity contribution in [3.05, 3.63) is 28.2 Å². The molecule has 0 amide bonds. The zero-order valence-corrected chi connectivity index (χ0v) is 13.8. The molecule has 2 atom stereocenters. The Kier molecular flexibility index (Phi) is 4.34. The highest BCUT2D eigenvalue weighted by Crippen LogP contribution is 2.30. The maximum Gasteiger partial charge on any atom is 0.0378 e. The van der Waals surface area contributed by atoms with E-state index in [0.29, 0.717) is 0 Å². The Balaban J connectivity index is 1.79. The number of fused-ring (bicyclic) bond motifs is 1. The minimum atomic E-state index is 0.0767. The van der Waals surface area contributed by atoms with Crippen molar-refractivity contribution in [1.82, 2.24) is 4.90 Å². The SMILES string of the molecule is C[C@@H](N)c1ccc(N2CCCN3CCCC3C2)cc1Br. The molecule has 0 bridgehead atoms. The molecule has 4 heteroatoms. The van der Waals surface area contributed by atoms with Crippen LogP contribution in [0.25, 0.3) is 0 Å². The van der Waals surface area contributed by atoms with Gasteiger partial charge in [0.05, 0.1) is 0 Å². The van der Waals surface area contributed by atoms with Gasteiger partial charge in [0.1, 0.15) is 0 Å². The van der Waals surface area contributed by atoms with Crippen LogP contribution in [0.3, 0.4) is 0 Å². The normalized spacial score (nSPS) is 25.4. The fraction of sp³-hybridized carbons (Fsp3) is 0.625.